The van der Waals surface area contributed by atoms with E-state index in [1.54, 1.807) is 37.3 Å². The van der Waals surface area contributed by atoms with Crippen molar-refractivity contribution in [2.75, 3.05) is 5.32 Å². The predicted octanol–water partition coefficient (Wildman–Crippen LogP) is 2.59. The molecule has 0 aliphatic carbocycles. The molecule has 0 bridgehead atoms. The molecule has 0 spiro atoms. The third-order valence-corrected chi connectivity index (χ3v) is 2.43. The molecule has 1 unspecified atom stereocenters. The predicted molar refractivity (Wildman–Crippen MR) is 63.7 cm³/mol. The Morgan fingerprint density at radius 3 is 2.53 bits per heavy atom. The number of amides is 1. The summed E-state index contributed by atoms with van der Waals surface area (Å²) in [7, 11) is 0. The fraction of sp³-hybridized carbons (Fsp3) is 0.154. The molecule has 0 aliphatic rings. The molecule has 2 rings (SSSR count). The molecule has 88 valence electrons. The molecule has 1 aromatic heterocycles. The lowest BCUT2D eigenvalue weighted by molar-refractivity contribution is 0.102. The molecule has 1 atom stereocenters. The van der Waals surface area contributed by atoms with E-state index in [-0.39, 0.29) is 5.91 Å². The summed E-state index contributed by atoms with van der Waals surface area (Å²) in [5.74, 6) is -0.219. The quantitative estimate of drug-likeness (QED) is 0.853. The monoisotopic (exact) mass is 231 g/mol. The summed E-state index contributed by atoms with van der Waals surface area (Å²) in [6.45, 7) is 1.69. The maximum Gasteiger partial charge on any atom is 0.258 e. The Morgan fingerprint density at radius 1 is 1.29 bits per heavy atom. The minimum Gasteiger partial charge on any atom is -0.472 e. The first-order valence-corrected chi connectivity index (χ1v) is 5.28. The van der Waals surface area contributed by atoms with Crippen LogP contribution in [-0.2, 0) is 0 Å². The maximum atomic E-state index is 11.7. The summed E-state index contributed by atoms with van der Waals surface area (Å²) in [6.07, 6.45) is 2.33. The molecular formula is C13H13NO3. The summed E-state index contributed by atoms with van der Waals surface area (Å²) < 4.78 is 4.83. The second kappa shape index (κ2) is 4.84. The van der Waals surface area contributed by atoms with Crippen LogP contribution in [0.4, 0.5) is 5.69 Å². The Bertz CT molecular complexity index is 486. The van der Waals surface area contributed by atoms with Crippen LogP contribution in [0.15, 0.2) is 47.3 Å². The van der Waals surface area contributed by atoms with E-state index in [1.165, 1.54) is 12.5 Å². The van der Waals surface area contributed by atoms with Gasteiger partial charge in [-0.3, -0.25) is 4.79 Å². The Morgan fingerprint density at radius 2 is 2.00 bits per heavy atom. The molecule has 17 heavy (non-hydrogen) atoms. The van der Waals surface area contributed by atoms with Crippen molar-refractivity contribution < 1.29 is 14.3 Å². The van der Waals surface area contributed by atoms with E-state index < -0.39 is 6.10 Å². The van der Waals surface area contributed by atoms with Crippen LogP contribution in [0.3, 0.4) is 0 Å². The van der Waals surface area contributed by atoms with Gasteiger partial charge in [-0.15, -0.1) is 0 Å². The van der Waals surface area contributed by atoms with Gasteiger partial charge in [0.15, 0.2) is 0 Å². The maximum absolute atomic E-state index is 11.7. The highest BCUT2D eigenvalue weighted by molar-refractivity contribution is 6.03. The molecular weight excluding hydrogens is 218 g/mol. The van der Waals surface area contributed by atoms with Crippen molar-refractivity contribution in [1.82, 2.24) is 0 Å². The third kappa shape index (κ3) is 2.73. The summed E-state index contributed by atoms with van der Waals surface area (Å²) in [5, 5.41) is 12.1. The number of aliphatic hydroxyl groups excluding tert-OH is 1. The number of carbonyl (C=O) groups excluding carboxylic acids is 1. The molecule has 1 aromatic carbocycles. The van der Waals surface area contributed by atoms with Gasteiger partial charge >= 0.3 is 0 Å². The molecule has 0 saturated heterocycles. The van der Waals surface area contributed by atoms with Crippen LogP contribution in [0.1, 0.15) is 28.9 Å². The van der Waals surface area contributed by atoms with Crippen molar-refractivity contribution in [2.24, 2.45) is 0 Å². The van der Waals surface area contributed by atoms with Gasteiger partial charge in [0.1, 0.15) is 6.26 Å². The highest BCUT2D eigenvalue weighted by atomic mass is 16.3. The van der Waals surface area contributed by atoms with Crippen LogP contribution in [0, 0.1) is 0 Å². The van der Waals surface area contributed by atoms with Gasteiger partial charge in [0.2, 0.25) is 0 Å². The zero-order chi connectivity index (χ0) is 12.3. The van der Waals surface area contributed by atoms with Crippen LogP contribution < -0.4 is 5.32 Å². The molecule has 0 aliphatic heterocycles. The second-order valence-corrected chi connectivity index (χ2v) is 3.76. The van der Waals surface area contributed by atoms with Crippen molar-refractivity contribution >= 4 is 11.6 Å². The Hall–Kier alpha value is -2.07. The lowest BCUT2D eigenvalue weighted by Crippen LogP contribution is -2.10. The largest absolute Gasteiger partial charge is 0.472 e. The Labute approximate surface area is 98.9 Å². The highest BCUT2D eigenvalue weighted by Crippen LogP contribution is 2.16. The standard InChI is InChI=1S/C13H13NO3/c1-9(15)10-2-4-12(5-3-10)14-13(16)11-6-7-17-8-11/h2-9,15H,1H3,(H,14,16). The normalized spacial score (nSPS) is 12.1. The lowest BCUT2D eigenvalue weighted by Gasteiger charge is -2.07. The van der Waals surface area contributed by atoms with Crippen LogP contribution >= 0.6 is 0 Å². The number of hydrogen-bond donors (Lipinski definition) is 2. The molecule has 1 heterocycles. The summed E-state index contributed by atoms with van der Waals surface area (Å²) in [4.78, 5) is 11.7. The van der Waals surface area contributed by atoms with E-state index in [2.05, 4.69) is 5.32 Å². The SMILES string of the molecule is CC(O)c1ccc(NC(=O)c2ccoc2)cc1. The van der Waals surface area contributed by atoms with Crippen molar-refractivity contribution in [1.29, 1.82) is 0 Å². The fourth-order valence-corrected chi connectivity index (χ4v) is 1.44. The smallest absolute Gasteiger partial charge is 0.258 e. The van der Waals surface area contributed by atoms with E-state index in [0.717, 1.165) is 5.56 Å². The number of rotatable bonds is 3. The lowest BCUT2D eigenvalue weighted by atomic mass is 10.1. The number of anilines is 1. The van der Waals surface area contributed by atoms with E-state index in [1.807, 2.05) is 0 Å². The van der Waals surface area contributed by atoms with Crippen LogP contribution in [0.25, 0.3) is 0 Å². The first kappa shape index (κ1) is 11.4. The molecule has 0 radical (unpaired) electrons. The number of aliphatic hydroxyl groups is 1. The van der Waals surface area contributed by atoms with Gasteiger partial charge < -0.3 is 14.8 Å². The van der Waals surface area contributed by atoms with Crippen molar-refractivity contribution in [3.63, 3.8) is 0 Å². The van der Waals surface area contributed by atoms with Gasteiger partial charge in [0.25, 0.3) is 5.91 Å². The number of carbonyl (C=O) groups is 1. The fourth-order valence-electron chi connectivity index (χ4n) is 1.44. The summed E-state index contributed by atoms with van der Waals surface area (Å²) >= 11 is 0. The van der Waals surface area contributed by atoms with Gasteiger partial charge in [-0.05, 0) is 30.7 Å². The average Bonchev–Trinajstić information content (AvgIpc) is 2.83. The first-order valence-electron chi connectivity index (χ1n) is 5.28. The van der Waals surface area contributed by atoms with Gasteiger partial charge in [-0.25, -0.2) is 0 Å². The van der Waals surface area contributed by atoms with Crippen molar-refractivity contribution in [3.05, 3.63) is 54.0 Å². The molecule has 1 amide bonds. The highest BCUT2D eigenvalue weighted by Gasteiger charge is 2.07. The van der Waals surface area contributed by atoms with Crippen molar-refractivity contribution in [3.8, 4) is 0 Å². The molecule has 4 nitrogen and oxygen atoms in total. The second-order valence-electron chi connectivity index (χ2n) is 3.76. The number of hydrogen-bond acceptors (Lipinski definition) is 3. The summed E-state index contributed by atoms with van der Waals surface area (Å²) in [5.41, 5.74) is 1.97. The van der Waals surface area contributed by atoms with E-state index >= 15 is 0 Å². The zero-order valence-corrected chi connectivity index (χ0v) is 9.38. The van der Waals surface area contributed by atoms with Gasteiger partial charge in [0, 0.05) is 5.69 Å². The van der Waals surface area contributed by atoms with Gasteiger partial charge in [-0.1, -0.05) is 12.1 Å². The minimum absolute atomic E-state index is 0.219. The first-order chi connectivity index (χ1) is 8.16. The summed E-state index contributed by atoms with van der Waals surface area (Å²) in [6, 6.07) is 8.64. The average molecular weight is 231 g/mol. The van der Waals surface area contributed by atoms with E-state index in [9.17, 15) is 9.90 Å². The number of furan rings is 1. The van der Waals surface area contributed by atoms with Gasteiger partial charge in [0.05, 0.1) is 17.9 Å². The van der Waals surface area contributed by atoms with Crippen LogP contribution in [-0.4, -0.2) is 11.0 Å². The van der Waals surface area contributed by atoms with Crippen molar-refractivity contribution in [2.45, 2.75) is 13.0 Å². The number of nitrogens with one attached hydrogen (secondary N) is 1. The zero-order valence-electron chi connectivity index (χ0n) is 9.38. The van der Waals surface area contributed by atoms with Crippen LogP contribution in [0.2, 0.25) is 0 Å². The molecule has 0 fully saturated rings. The molecule has 4 heteroatoms. The molecule has 2 aromatic rings. The Kier molecular flexibility index (Phi) is 3.25. The van der Waals surface area contributed by atoms with Gasteiger partial charge in [-0.2, -0.15) is 0 Å². The third-order valence-electron chi connectivity index (χ3n) is 2.43. The Balaban J connectivity index is 2.07. The van der Waals surface area contributed by atoms with Crippen LogP contribution in [0.5, 0.6) is 0 Å². The topological polar surface area (TPSA) is 62.5 Å². The molecule has 0 saturated carbocycles. The van der Waals surface area contributed by atoms with E-state index in [4.69, 9.17) is 4.42 Å². The number of benzene rings is 1. The van der Waals surface area contributed by atoms with E-state index in [0.29, 0.717) is 11.3 Å². The molecule has 2 N–H and O–H groups in total. The minimum atomic E-state index is -0.506.